The number of aromatic nitrogens is 1. The molecular weight excluding hydrogens is 388 g/mol. The van der Waals surface area contributed by atoms with Gasteiger partial charge in [-0.1, -0.05) is 30.3 Å². The average molecular weight is 404 g/mol. The lowest BCUT2D eigenvalue weighted by Gasteiger charge is -2.07. The third-order valence-electron chi connectivity index (χ3n) is 4.90. The molecular formula is C22H16N2O4S. The van der Waals surface area contributed by atoms with Crippen LogP contribution in [0, 0.1) is 24.0 Å². The van der Waals surface area contributed by atoms with Gasteiger partial charge in [0.25, 0.3) is 5.56 Å². The SMILES string of the molecule is Cc1ccc(C(=O)c2c([N+](=O)[O-])sc3c2ccc(=O)n3-c2ccccc2)cc1C. The first-order valence-corrected chi connectivity index (χ1v) is 9.70. The molecule has 4 rings (SSSR count). The Hall–Kier alpha value is -3.58. The number of benzene rings is 2. The van der Waals surface area contributed by atoms with Crippen LogP contribution >= 0.6 is 11.3 Å². The number of hydrogen-bond donors (Lipinski definition) is 0. The number of aryl methyl sites for hydroxylation is 2. The summed E-state index contributed by atoms with van der Waals surface area (Å²) in [4.78, 5) is 37.4. The molecule has 144 valence electrons. The second-order valence-corrected chi connectivity index (χ2v) is 7.71. The third-order valence-corrected chi connectivity index (χ3v) is 6.04. The number of carbonyl (C=O) groups excluding carboxylic acids is 1. The number of nitrogens with zero attached hydrogens (tertiary/aromatic N) is 2. The maximum atomic E-state index is 13.3. The van der Waals surface area contributed by atoms with Crippen LogP contribution in [0.3, 0.4) is 0 Å². The summed E-state index contributed by atoms with van der Waals surface area (Å²) >= 11 is 0.841. The maximum absolute atomic E-state index is 13.3. The van der Waals surface area contributed by atoms with E-state index in [0.717, 1.165) is 22.5 Å². The number of pyridine rings is 1. The van der Waals surface area contributed by atoms with E-state index in [0.29, 0.717) is 21.5 Å². The predicted molar refractivity (Wildman–Crippen MR) is 113 cm³/mol. The number of ketones is 1. The first-order chi connectivity index (χ1) is 13.9. The monoisotopic (exact) mass is 404 g/mol. The molecule has 0 spiro atoms. The Labute approximate surface area is 169 Å². The van der Waals surface area contributed by atoms with Crippen molar-refractivity contribution >= 4 is 32.3 Å². The number of para-hydroxylation sites is 1. The molecule has 4 aromatic rings. The Bertz CT molecular complexity index is 1340. The highest BCUT2D eigenvalue weighted by Gasteiger charge is 2.29. The van der Waals surface area contributed by atoms with Gasteiger partial charge in [-0.3, -0.25) is 24.3 Å². The Morgan fingerprint density at radius 2 is 1.72 bits per heavy atom. The molecule has 2 aromatic carbocycles. The molecule has 0 atom stereocenters. The minimum atomic E-state index is -0.557. The fraction of sp³-hybridized carbons (Fsp3) is 0.0909. The van der Waals surface area contributed by atoms with Crippen molar-refractivity contribution in [2.45, 2.75) is 13.8 Å². The van der Waals surface area contributed by atoms with Crippen molar-refractivity contribution in [2.75, 3.05) is 0 Å². The minimum absolute atomic E-state index is 0.0166. The van der Waals surface area contributed by atoms with Crippen LogP contribution in [0.1, 0.15) is 27.0 Å². The summed E-state index contributed by atoms with van der Waals surface area (Å²) in [6, 6.07) is 16.9. The fourth-order valence-electron chi connectivity index (χ4n) is 3.27. The van der Waals surface area contributed by atoms with Gasteiger partial charge >= 0.3 is 5.00 Å². The largest absolute Gasteiger partial charge is 0.337 e. The second-order valence-electron chi connectivity index (χ2n) is 6.73. The number of hydrogen-bond acceptors (Lipinski definition) is 5. The zero-order valence-corrected chi connectivity index (χ0v) is 16.5. The highest BCUT2D eigenvalue weighted by molar-refractivity contribution is 7.22. The molecule has 29 heavy (non-hydrogen) atoms. The number of nitro groups is 1. The van der Waals surface area contributed by atoms with Gasteiger partial charge in [-0.2, -0.15) is 0 Å². The minimum Gasteiger partial charge on any atom is -0.288 e. The predicted octanol–water partition coefficient (Wildman–Crippen LogP) is 4.81. The van der Waals surface area contributed by atoms with E-state index in [-0.39, 0.29) is 16.1 Å². The lowest BCUT2D eigenvalue weighted by Crippen LogP contribution is -2.16. The van der Waals surface area contributed by atoms with Gasteiger partial charge < -0.3 is 0 Å². The van der Waals surface area contributed by atoms with Gasteiger partial charge in [0.05, 0.1) is 10.6 Å². The molecule has 0 radical (unpaired) electrons. The van der Waals surface area contributed by atoms with Crippen molar-refractivity contribution in [1.82, 2.24) is 4.57 Å². The average Bonchev–Trinajstić information content (AvgIpc) is 3.10. The summed E-state index contributed by atoms with van der Waals surface area (Å²) in [5, 5.41) is 11.9. The summed E-state index contributed by atoms with van der Waals surface area (Å²) in [6.45, 7) is 3.82. The van der Waals surface area contributed by atoms with E-state index in [4.69, 9.17) is 0 Å². The highest BCUT2D eigenvalue weighted by Crippen LogP contribution is 2.38. The van der Waals surface area contributed by atoms with Crippen molar-refractivity contribution in [2.24, 2.45) is 0 Å². The summed E-state index contributed by atoms with van der Waals surface area (Å²) in [7, 11) is 0. The number of fused-ring (bicyclic) bond motifs is 1. The lowest BCUT2D eigenvalue weighted by molar-refractivity contribution is -0.380. The van der Waals surface area contributed by atoms with Gasteiger partial charge in [-0.25, -0.2) is 0 Å². The molecule has 0 amide bonds. The van der Waals surface area contributed by atoms with Crippen molar-refractivity contribution in [3.05, 3.63) is 103 Å². The second kappa shape index (κ2) is 7.10. The van der Waals surface area contributed by atoms with Crippen LogP contribution in [0.25, 0.3) is 15.9 Å². The molecule has 2 heterocycles. The van der Waals surface area contributed by atoms with Gasteiger partial charge in [0.2, 0.25) is 5.78 Å². The zero-order valence-electron chi connectivity index (χ0n) is 15.7. The molecule has 0 unspecified atom stereocenters. The molecule has 0 aliphatic carbocycles. The fourth-order valence-corrected chi connectivity index (χ4v) is 4.40. The van der Waals surface area contributed by atoms with Crippen LogP contribution in [0.15, 0.2) is 65.5 Å². The van der Waals surface area contributed by atoms with E-state index >= 15 is 0 Å². The normalized spacial score (nSPS) is 11.0. The van der Waals surface area contributed by atoms with Crippen LogP contribution in [0.4, 0.5) is 5.00 Å². The number of rotatable bonds is 4. The summed E-state index contributed by atoms with van der Waals surface area (Å²) in [5.41, 5.74) is 2.63. The van der Waals surface area contributed by atoms with E-state index < -0.39 is 10.7 Å². The smallest absolute Gasteiger partial charge is 0.288 e. The first-order valence-electron chi connectivity index (χ1n) is 8.89. The maximum Gasteiger partial charge on any atom is 0.337 e. The van der Waals surface area contributed by atoms with Crippen LogP contribution in [-0.2, 0) is 0 Å². The molecule has 7 heteroatoms. The van der Waals surface area contributed by atoms with Crippen LogP contribution in [0.5, 0.6) is 0 Å². The Morgan fingerprint density at radius 3 is 2.38 bits per heavy atom. The molecule has 0 fully saturated rings. The Balaban J connectivity index is 2.03. The van der Waals surface area contributed by atoms with E-state index in [1.54, 1.807) is 36.4 Å². The summed E-state index contributed by atoms with van der Waals surface area (Å²) in [5.74, 6) is -0.427. The first kappa shape index (κ1) is 18.8. The number of thiophene rings is 1. The molecule has 0 saturated heterocycles. The summed E-state index contributed by atoms with van der Waals surface area (Å²) < 4.78 is 1.41. The molecule has 0 N–H and O–H groups in total. The van der Waals surface area contributed by atoms with Gasteiger partial charge in [-0.05, 0) is 60.6 Å². The van der Waals surface area contributed by atoms with Gasteiger partial charge in [0.1, 0.15) is 10.4 Å². The van der Waals surface area contributed by atoms with E-state index in [1.807, 2.05) is 26.0 Å². The number of carbonyl (C=O) groups is 1. The third kappa shape index (κ3) is 3.15. The van der Waals surface area contributed by atoms with Crippen LogP contribution in [-0.4, -0.2) is 15.3 Å². The Morgan fingerprint density at radius 1 is 1.00 bits per heavy atom. The molecule has 2 aromatic heterocycles. The van der Waals surface area contributed by atoms with E-state index in [1.165, 1.54) is 16.7 Å². The Kier molecular flexibility index (Phi) is 4.60. The van der Waals surface area contributed by atoms with Crippen molar-refractivity contribution in [3.63, 3.8) is 0 Å². The van der Waals surface area contributed by atoms with Crippen molar-refractivity contribution < 1.29 is 9.72 Å². The molecule has 0 saturated carbocycles. The molecule has 0 bridgehead atoms. The zero-order chi connectivity index (χ0) is 20.7. The molecule has 6 nitrogen and oxygen atoms in total. The molecule has 0 aliphatic heterocycles. The van der Waals surface area contributed by atoms with Crippen LogP contribution < -0.4 is 5.56 Å². The quantitative estimate of drug-likeness (QED) is 0.278. The topological polar surface area (TPSA) is 82.2 Å². The molecule has 0 aliphatic rings. The highest BCUT2D eigenvalue weighted by atomic mass is 32.1. The lowest BCUT2D eigenvalue weighted by atomic mass is 9.99. The summed E-state index contributed by atoms with van der Waals surface area (Å²) in [6.07, 6.45) is 0. The van der Waals surface area contributed by atoms with Gasteiger partial charge in [0, 0.05) is 17.0 Å². The van der Waals surface area contributed by atoms with Crippen LogP contribution in [0.2, 0.25) is 0 Å². The standard InChI is InChI=1S/C22H16N2O4S/c1-13-8-9-15(12-14(13)2)20(26)19-17-10-11-18(25)23(16-6-4-3-5-7-16)21(17)29-22(19)24(27)28/h3-12H,1-2H3. The van der Waals surface area contributed by atoms with E-state index in [2.05, 4.69) is 0 Å². The van der Waals surface area contributed by atoms with E-state index in [9.17, 15) is 19.7 Å². The van der Waals surface area contributed by atoms with Crippen molar-refractivity contribution in [3.8, 4) is 5.69 Å². The van der Waals surface area contributed by atoms with Gasteiger partial charge in [-0.15, -0.1) is 0 Å². The van der Waals surface area contributed by atoms with Crippen molar-refractivity contribution in [1.29, 1.82) is 0 Å². The van der Waals surface area contributed by atoms with Gasteiger partial charge in [0.15, 0.2) is 0 Å².